The molecule has 0 saturated carbocycles. The van der Waals surface area contributed by atoms with Gasteiger partial charge in [0.05, 0.1) is 24.9 Å². The number of fused-ring (bicyclic) bond motifs is 1. The number of aromatic nitrogens is 3. The fraction of sp³-hybridized carbons (Fsp3) is 0.667. The van der Waals surface area contributed by atoms with Crippen molar-refractivity contribution in [3.8, 4) is 0 Å². The minimum Gasteiger partial charge on any atom is -0.383 e. The van der Waals surface area contributed by atoms with Crippen LogP contribution in [0.1, 0.15) is 50.9 Å². The summed E-state index contributed by atoms with van der Waals surface area (Å²) in [6, 6.07) is 4.04. The van der Waals surface area contributed by atoms with Gasteiger partial charge in [-0.25, -0.2) is 9.97 Å². The van der Waals surface area contributed by atoms with E-state index in [4.69, 9.17) is 14.5 Å². The smallest absolute Gasteiger partial charge is 0.222 e. The second-order valence-corrected chi connectivity index (χ2v) is 8.06. The van der Waals surface area contributed by atoms with E-state index in [1.165, 1.54) is 0 Å². The highest BCUT2D eigenvalue weighted by atomic mass is 16.5. The number of amides is 1. The summed E-state index contributed by atoms with van der Waals surface area (Å²) in [5, 5.41) is 0. The Morgan fingerprint density at radius 2 is 2.14 bits per heavy atom. The number of ether oxygens (including phenoxy) is 2. The SMILES string of the molecule is COC[C@H](C)n1c(CCCC(=O)N2CCC3(CCO3)CC2)nc2cccnc21. The monoisotopic (exact) mass is 386 g/mol. The van der Waals surface area contributed by atoms with Crippen molar-refractivity contribution in [2.45, 2.75) is 57.1 Å². The van der Waals surface area contributed by atoms with Crippen LogP contribution in [-0.2, 0) is 20.7 Å². The number of rotatable bonds is 7. The van der Waals surface area contributed by atoms with Crippen LogP contribution in [0.5, 0.6) is 0 Å². The van der Waals surface area contributed by atoms with Crippen LogP contribution in [0.2, 0.25) is 0 Å². The van der Waals surface area contributed by atoms with Crippen molar-refractivity contribution in [3.63, 3.8) is 0 Å². The third-order valence-corrected chi connectivity index (χ3v) is 6.15. The summed E-state index contributed by atoms with van der Waals surface area (Å²) in [6.07, 6.45) is 7.02. The molecule has 152 valence electrons. The van der Waals surface area contributed by atoms with Gasteiger partial charge in [-0.1, -0.05) is 0 Å². The third kappa shape index (κ3) is 3.78. The molecule has 2 saturated heterocycles. The molecule has 0 radical (unpaired) electrons. The predicted octanol–water partition coefficient (Wildman–Crippen LogP) is 2.74. The van der Waals surface area contributed by atoms with E-state index in [1.54, 1.807) is 13.3 Å². The molecule has 0 N–H and O–H groups in total. The van der Waals surface area contributed by atoms with Gasteiger partial charge in [0, 0.05) is 39.2 Å². The van der Waals surface area contributed by atoms with Gasteiger partial charge in [-0.15, -0.1) is 0 Å². The minimum atomic E-state index is 0.0894. The molecule has 7 nitrogen and oxygen atoms in total. The Hall–Kier alpha value is -1.99. The van der Waals surface area contributed by atoms with E-state index in [0.29, 0.717) is 13.0 Å². The zero-order valence-corrected chi connectivity index (χ0v) is 16.9. The summed E-state index contributed by atoms with van der Waals surface area (Å²) >= 11 is 0. The Balaban J connectivity index is 1.36. The lowest BCUT2D eigenvalue weighted by atomic mass is 9.84. The number of carbonyl (C=O) groups excluding carboxylic acids is 1. The lowest BCUT2D eigenvalue weighted by Gasteiger charge is -2.47. The van der Waals surface area contributed by atoms with Crippen LogP contribution in [0.4, 0.5) is 0 Å². The van der Waals surface area contributed by atoms with Crippen molar-refractivity contribution in [2.24, 2.45) is 0 Å². The number of piperidine rings is 1. The molecule has 2 aliphatic heterocycles. The van der Waals surface area contributed by atoms with Crippen molar-refractivity contribution in [1.29, 1.82) is 0 Å². The van der Waals surface area contributed by atoms with E-state index >= 15 is 0 Å². The zero-order chi connectivity index (χ0) is 19.6. The Bertz CT molecular complexity index is 820. The average molecular weight is 386 g/mol. The fourth-order valence-electron chi connectivity index (χ4n) is 4.44. The first-order valence-corrected chi connectivity index (χ1v) is 10.3. The van der Waals surface area contributed by atoms with Gasteiger partial charge in [-0.2, -0.15) is 0 Å². The molecule has 0 aliphatic carbocycles. The van der Waals surface area contributed by atoms with Gasteiger partial charge < -0.3 is 18.9 Å². The lowest BCUT2D eigenvalue weighted by molar-refractivity contribution is -0.176. The lowest BCUT2D eigenvalue weighted by Crippen LogP contribution is -2.53. The number of imidazole rings is 1. The third-order valence-electron chi connectivity index (χ3n) is 6.15. The van der Waals surface area contributed by atoms with Crippen LogP contribution in [0.15, 0.2) is 18.3 Å². The van der Waals surface area contributed by atoms with E-state index in [1.807, 2.05) is 17.0 Å². The summed E-state index contributed by atoms with van der Waals surface area (Å²) in [4.78, 5) is 23.9. The summed E-state index contributed by atoms with van der Waals surface area (Å²) < 4.78 is 13.2. The van der Waals surface area contributed by atoms with E-state index in [-0.39, 0.29) is 17.6 Å². The maximum atomic E-state index is 12.6. The molecule has 2 aromatic rings. The number of hydrogen-bond acceptors (Lipinski definition) is 5. The molecule has 4 rings (SSSR count). The maximum Gasteiger partial charge on any atom is 0.222 e. The van der Waals surface area contributed by atoms with Gasteiger partial charge in [0.1, 0.15) is 11.3 Å². The molecule has 7 heteroatoms. The Morgan fingerprint density at radius 3 is 2.82 bits per heavy atom. The molecule has 1 spiro atoms. The second-order valence-electron chi connectivity index (χ2n) is 8.06. The molecule has 2 aromatic heterocycles. The van der Waals surface area contributed by atoms with Crippen molar-refractivity contribution in [1.82, 2.24) is 19.4 Å². The van der Waals surface area contributed by atoms with Gasteiger partial charge in [-0.05, 0) is 44.7 Å². The van der Waals surface area contributed by atoms with Crippen LogP contribution < -0.4 is 0 Å². The first kappa shape index (κ1) is 19.3. The normalized spacial score (nSPS) is 19.7. The van der Waals surface area contributed by atoms with Crippen LogP contribution in [0, 0.1) is 0 Å². The van der Waals surface area contributed by atoms with Gasteiger partial charge in [0.25, 0.3) is 0 Å². The fourth-order valence-corrected chi connectivity index (χ4v) is 4.44. The van der Waals surface area contributed by atoms with Crippen molar-refractivity contribution in [2.75, 3.05) is 33.4 Å². The van der Waals surface area contributed by atoms with Gasteiger partial charge in [0.2, 0.25) is 5.91 Å². The van der Waals surface area contributed by atoms with Crippen LogP contribution in [0.3, 0.4) is 0 Å². The molecule has 1 atom stereocenters. The zero-order valence-electron chi connectivity index (χ0n) is 16.9. The topological polar surface area (TPSA) is 69.5 Å². The molecule has 28 heavy (non-hydrogen) atoms. The molecule has 4 heterocycles. The molecular weight excluding hydrogens is 356 g/mol. The second kappa shape index (κ2) is 8.17. The molecule has 2 fully saturated rings. The Kier molecular flexibility index (Phi) is 5.64. The van der Waals surface area contributed by atoms with Crippen LogP contribution in [0.25, 0.3) is 11.2 Å². The first-order chi connectivity index (χ1) is 13.6. The average Bonchev–Trinajstić information content (AvgIpc) is 3.05. The summed E-state index contributed by atoms with van der Waals surface area (Å²) in [5.74, 6) is 1.23. The number of nitrogens with zero attached hydrogens (tertiary/aromatic N) is 4. The molecular formula is C21H30N4O3. The standard InChI is InChI=1S/C21H30N4O3/c1-16(15-27-2)25-18(23-17-5-4-11-22-20(17)25)6-3-7-19(26)24-12-8-21(9-13-24)10-14-28-21/h4-5,11,16H,3,6-10,12-15H2,1-2H3/t16-/m0/s1. The highest BCUT2D eigenvalue weighted by Crippen LogP contribution is 2.36. The van der Waals surface area contributed by atoms with Crippen LogP contribution in [-0.4, -0.2) is 64.4 Å². The number of carbonyl (C=O) groups is 1. The summed E-state index contributed by atoms with van der Waals surface area (Å²) in [7, 11) is 1.71. The number of likely N-dealkylation sites (tertiary alicyclic amines) is 1. The van der Waals surface area contributed by atoms with Crippen molar-refractivity contribution >= 4 is 17.1 Å². The number of methoxy groups -OCH3 is 1. The highest BCUT2D eigenvalue weighted by molar-refractivity contribution is 5.76. The minimum absolute atomic E-state index is 0.0894. The van der Waals surface area contributed by atoms with Gasteiger partial charge in [-0.3, -0.25) is 4.79 Å². The largest absolute Gasteiger partial charge is 0.383 e. The first-order valence-electron chi connectivity index (χ1n) is 10.3. The molecule has 0 unspecified atom stereocenters. The molecule has 0 aromatic carbocycles. The quantitative estimate of drug-likeness (QED) is 0.732. The van der Waals surface area contributed by atoms with Gasteiger partial charge in [0.15, 0.2) is 5.65 Å². The molecule has 0 bridgehead atoms. The number of aryl methyl sites for hydroxylation is 1. The number of pyridine rings is 1. The van der Waals surface area contributed by atoms with Gasteiger partial charge >= 0.3 is 0 Å². The van der Waals surface area contributed by atoms with E-state index in [9.17, 15) is 4.79 Å². The summed E-state index contributed by atoms with van der Waals surface area (Å²) in [5.41, 5.74) is 1.87. The summed E-state index contributed by atoms with van der Waals surface area (Å²) in [6.45, 7) is 5.25. The predicted molar refractivity (Wildman–Crippen MR) is 106 cm³/mol. The molecule has 1 amide bonds. The number of hydrogen-bond donors (Lipinski definition) is 0. The maximum absolute atomic E-state index is 12.6. The Labute approximate surface area is 166 Å². The van der Waals surface area contributed by atoms with Crippen molar-refractivity contribution < 1.29 is 14.3 Å². The Morgan fingerprint density at radius 1 is 1.36 bits per heavy atom. The highest BCUT2D eigenvalue weighted by Gasteiger charge is 2.41. The van der Waals surface area contributed by atoms with E-state index < -0.39 is 0 Å². The van der Waals surface area contributed by atoms with E-state index in [2.05, 4.69) is 16.5 Å². The van der Waals surface area contributed by atoms with Crippen molar-refractivity contribution in [3.05, 3.63) is 24.2 Å². The molecule has 2 aliphatic rings. The van der Waals surface area contributed by atoms with Crippen LogP contribution >= 0.6 is 0 Å². The van der Waals surface area contributed by atoms with E-state index in [0.717, 1.165) is 68.8 Å².